The van der Waals surface area contributed by atoms with E-state index < -0.39 is 27.9 Å². The first kappa shape index (κ1) is 13.6. The van der Waals surface area contributed by atoms with E-state index in [2.05, 4.69) is 0 Å². The second-order valence-electron chi connectivity index (χ2n) is 3.40. The molecule has 3 N–H and O–H groups in total. The molecule has 0 amide bonds. The fourth-order valence-electron chi connectivity index (χ4n) is 1.07. The van der Waals surface area contributed by atoms with Gasteiger partial charge in [0, 0.05) is 0 Å². The number of carbonyl (C=O) groups excluding carboxylic acids is 1. The van der Waals surface area contributed by atoms with Crippen LogP contribution in [-0.2, 0) is 26.3 Å². The van der Waals surface area contributed by atoms with Crippen LogP contribution in [0.1, 0.15) is 12.0 Å². The predicted molar refractivity (Wildman–Crippen MR) is 60.4 cm³/mol. The summed E-state index contributed by atoms with van der Waals surface area (Å²) >= 11 is 0. The van der Waals surface area contributed by atoms with Crippen molar-refractivity contribution in [3.8, 4) is 0 Å². The molecule has 0 aliphatic carbocycles. The fourth-order valence-corrected chi connectivity index (χ4v) is 1.41. The zero-order valence-electron chi connectivity index (χ0n) is 8.94. The van der Waals surface area contributed by atoms with E-state index in [0.717, 1.165) is 5.56 Å². The number of benzene rings is 1. The van der Waals surface area contributed by atoms with E-state index in [4.69, 9.17) is 15.0 Å². The molecule has 17 heavy (non-hydrogen) atoms. The quantitative estimate of drug-likeness (QED) is 0.581. The predicted octanol–water partition coefficient (Wildman–Crippen LogP) is 0.292. The zero-order valence-corrected chi connectivity index (χ0v) is 9.76. The average Bonchev–Trinajstić information content (AvgIpc) is 2.26. The average molecular weight is 259 g/mol. The van der Waals surface area contributed by atoms with E-state index >= 15 is 0 Å². The molecule has 0 radical (unpaired) electrons. The lowest BCUT2D eigenvalue weighted by molar-refractivity contribution is -0.145. The number of ether oxygens (including phenoxy) is 1. The largest absolute Gasteiger partial charge is 0.461 e. The summed E-state index contributed by atoms with van der Waals surface area (Å²) in [5.74, 6) is -0.779. The van der Waals surface area contributed by atoms with Crippen molar-refractivity contribution in [2.45, 2.75) is 18.4 Å². The van der Waals surface area contributed by atoms with Crippen LogP contribution in [0.15, 0.2) is 30.3 Å². The Bertz CT molecular complexity index is 471. The SMILES string of the molecule is NC(CC(=O)OCc1ccccc1)S(=O)(=O)O. The number of hydrogen-bond donors (Lipinski definition) is 2. The molecule has 6 nitrogen and oxygen atoms in total. The standard InChI is InChI=1S/C10H13NO5S/c11-9(17(13,14)15)6-10(12)16-7-8-4-2-1-3-5-8/h1-5,9H,6-7,11H2,(H,13,14,15). The molecule has 1 unspecified atom stereocenters. The Morgan fingerprint density at radius 1 is 1.35 bits per heavy atom. The summed E-state index contributed by atoms with van der Waals surface area (Å²) < 4.78 is 34.5. The van der Waals surface area contributed by atoms with Crippen LogP contribution < -0.4 is 5.73 Å². The Morgan fingerprint density at radius 3 is 2.47 bits per heavy atom. The molecule has 0 heterocycles. The molecule has 7 heteroatoms. The van der Waals surface area contributed by atoms with Gasteiger partial charge in [-0.3, -0.25) is 9.35 Å². The molecule has 1 aromatic rings. The Labute approximate surface area is 99.1 Å². The molecule has 0 spiro atoms. The molecular weight excluding hydrogens is 246 g/mol. The maximum atomic E-state index is 11.2. The molecule has 1 aromatic carbocycles. The van der Waals surface area contributed by atoms with E-state index in [1.165, 1.54) is 0 Å². The van der Waals surface area contributed by atoms with E-state index in [9.17, 15) is 13.2 Å². The van der Waals surface area contributed by atoms with Crippen molar-refractivity contribution in [3.63, 3.8) is 0 Å². The number of esters is 1. The monoisotopic (exact) mass is 259 g/mol. The van der Waals surface area contributed by atoms with Gasteiger partial charge in [-0.05, 0) is 5.56 Å². The Morgan fingerprint density at radius 2 is 1.94 bits per heavy atom. The number of nitrogens with two attached hydrogens (primary N) is 1. The van der Waals surface area contributed by atoms with Gasteiger partial charge in [-0.2, -0.15) is 8.42 Å². The lowest BCUT2D eigenvalue weighted by Crippen LogP contribution is -2.33. The van der Waals surface area contributed by atoms with Crippen LogP contribution in [0.5, 0.6) is 0 Å². The molecule has 1 rings (SSSR count). The van der Waals surface area contributed by atoms with Crippen molar-refractivity contribution in [3.05, 3.63) is 35.9 Å². The van der Waals surface area contributed by atoms with Gasteiger partial charge in [0.05, 0.1) is 6.42 Å². The van der Waals surface area contributed by atoms with Gasteiger partial charge in [0.2, 0.25) is 0 Å². The molecule has 94 valence electrons. The van der Waals surface area contributed by atoms with Crippen LogP contribution >= 0.6 is 0 Å². The van der Waals surface area contributed by atoms with Crippen molar-refractivity contribution < 1.29 is 22.5 Å². The van der Waals surface area contributed by atoms with Gasteiger partial charge in [-0.15, -0.1) is 0 Å². The summed E-state index contributed by atoms with van der Waals surface area (Å²) in [7, 11) is -4.40. The molecule has 0 aliphatic rings. The van der Waals surface area contributed by atoms with Crippen molar-refractivity contribution in [2.75, 3.05) is 0 Å². The van der Waals surface area contributed by atoms with Crippen LogP contribution in [0.25, 0.3) is 0 Å². The van der Waals surface area contributed by atoms with Crippen LogP contribution in [0.2, 0.25) is 0 Å². The third-order valence-corrected chi connectivity index (χ3v) is 2.92. The maximum Gasteiger partial charge on any atom is 0.308 e. The number of carbonyl (C=O) groups is 1. The fraction of sp³-hybridized carbons (Fsp3) is 0.300. The Balaban J connectivity index is 2.41. The summed E-state index contributed by atoms with van der Waals surface area (Å²) in [5, 5.41) is -1.65. The molecule has 0 fully saturated rings. The Hall–Kier alpha value is -1.44. The lowest BCUT2D eigenvalue weighted by atomic mass is 10.2. The highest BCUT2D eigenvalue weighted by Crippen LogP contribution is 2.04. The van der Waals surface area contributed by atoms with Crippen molar-refractivity contribution in [1.82, 2.24) is 0 Å². The van der Waals surface area contributed by atoms with E-state index in [-0.39, 0.29) is 6.61 Å². The van der Waals surface area contributed by atoms with Gasteiger partial charge in [-0.25, -0.2) is 0 Å². The van der Waals surface area contributed by atoms with Gasteiger partial charge in [0.1, 0.15) is 12.0 Å². The van der Waals surface area contributed by atoms with Gasteiger partial charge in [0.15, 0.2) is 0 Å². The first-order chi connectivity index (χ1) is 7.89. The first-order valence-corrected chi connectivity index (χ1v) is 6.31. The highest BCUT2D eigenvalue weighted by atomic mass is 32.2. The van der Waals surface area contributed by atoms with Crippen LogP contribution in [0, 0.1) is 0 Å². The minimum atomic E-state index is -4.40. The van der Waals surface area contributed by atoms with E-state index in [0.29, 0.717) is 0 Å². The van der Waals surface area contributed by atoms with Gasteiger partial charge in [-0.1, -0.05) is 30.3 Å². The normalized spacial score (nSPS) is 13.1. The smallest absolute Gasteiger partial charge is 0.308 e. The summed E-state index contributed by atoms with van der Waals surface area (Å²) in [6, 6.07) is 8.91. The van der Waals surface area contributed by atoms with Gasteiger partial charge < -0.3 is 10.5 Å². The highest BCUT2D eigenvalue weighted by Gasteiger charge is 2.22. The van der Waals surface area contributed by atoms with Crippen molar-refractivity contribution in [2.24, 2.45) is 5.73 Å². The summed E-state index contributed by atoms with van der Waals surface area (Å²) in [4.78, 5) is 11.2. The number of rotatable bonds is 5. The first-order valence-electron chi connectivity index (χ1n) is 4.81. The minimum Gasteiger partial charge on any atom is -0.461 e. The van der Waals surface area contributed by atoms with Crippen molar-refractivity contribution in [1.29, 1.82) is 0 Å². The van der Waals surface area contributed by atoms with E-state index in [1.807, 2.05) is 6.07 Å². The van der Waals surface area contributed by atoms with Crippen LogP contribution in [0.3, 0.4) is 0 Å². The number of hydrogen-bond acceptors (Lipinski definition) is 5. The summed E-state index contributed by atoms with van der Waals surface area (Å²) in [6.45, 7) is 0.0396. The minimum absolute atomic E-state index is 0.0396. The van der Waals surface area contributed by atoms with Gasteiger partial charge in [0.25, 0.3) is 10.1 Å². The summed E-state index contributed by atoms with van der Waals surface area (Å²) in [6.07, 6.45) is -0.578. The summed E-state index contributed by atoms with van der Waals surface area (Å²) in [5.41, 5.74) is 5.86. The molecule has 0 aliphatic heterocycles. The zero-order chi connectivity index (χ0) is 12.9. The van der Waals surface area contributed by atoms with Crippen molar-refractivity contribution >= 4 is 16.1 Å². The molecule has 1 atom stereocenters. The molecule has 0 saturated carbocycles. The third kappa shape index (κ3) is 4.94. The second-order valence-corrected chi connectivity index (χ2v) is 5.04. The molecule has 0 bridgehead atoms. The Kier molecular flexibility index (Phi) is 4.62. The highest BCUT2D eigenvalue weighted by molar-refractivity contribution is 7.86. The molecule has 0 aromatic heterocycles. The van der Waals surface area contributed by atoms with Crippen LogP contribution in [0.4, 0.5) is 0 Å². The second kappa shape index (κ2) is 5.76. The lowest BCUT2D eigenvalue weighted by Gasteiger charge is -2.08. The van der Waals surface area contributed by atoms with E-state index in [1.54, 1.807) is 24.3 Å². The molecular formula is C10H13NO5S. The topological polar surface area (TPSA) is 107 Å². The molecule has 0 saturated heterocycles. The van der Waals surface area contributed by atoms with Gasteiger partial charge >= 0.3 is 5.97 Å². The maximum absolute atomic E-state index is 11.2. The third-order valence-electron chi connectivity index (χ3n) is 1.99. The van der Waals surface area contributed by atoms with Crippen LogP contribution in [-0.4, -0.2) is 24.3 Å².